The maximum atomic E-state index is 13.7. The van der Waals surface area contributed by atoms with Crippen LogP contribution in [0, 0.1) is 5.82 Å². The van der Waals surface area contributed by atoms with Crippen molar-refractivity contribution in [2.75, 3.05) is 18.6 Å². The van der Waals surface area contributed by atoms with Gasteiger partial charge in [0.1, 0.15) is 12.1 Å². The van der Waals surface area contributed by atoms with Crippen LogP contribution in [-0.2, 0) is 0 Å². The Morgan fingerprint density at radius 3 is 2.89 bits per heavy atom. The fourth-order valence-electron chi connectivity index (χ4n) is 2.68. The highest BCUT2D eigenvalue weighted by Crippen LogP contribution is 2.32. The molecule has 0 amide bonds. The summed E-state index contributed by atoms with van der Waals surface area (Å²) in [6, 6.07) is 3.54. The third kappa shape index (κ3) is 1.99. The van der Waals surface area contributed by atoms with Crippen LogP contribution in [0.1, 0.15) is 19.8 Å². The van der Waals surface area contributed by atoms with Crippen molar-refractivity contribution in [3.05, 3.63) is 24.3 Å². The molecule has 0 radical (unpaired) electrons. The van der Waals surface area contributed by atoms with E-state index in [2.05, 4.69) is 21.8 Å². The summed E-state index contributed by atoms with van der Waals surface area (Å²) in [4.78, 5) is 10.8. The number of methoxy groups -OCH3 is 1. The third-order valence-corrected chi connectivity index (χ3v) is 3.71. The number of aromatic nitrogens is 2. The highest BCUT2D eigenvalue weighted by Gasteiger charge is 2.24. The molecule has 2 aromatic rings. The van der Waals surface area contributed by atoms with E-state index >= 15 is 0 Å². The molecule has 1 aliphatic heterocycles. The zero-order valence-corrected chi connectivity index (χ0v) is 11.1. The Kier molecular flexibility index (Phi) is 2.97. The lowest BCUT2D eigenvalue weighted by Crippen LogP contribution is -2.27. The molecule has 0 aliphatic carbocycles. The molecule has 4 nitrogen and oxygen atoms in total. The van der Waals surface area contributed by atoms with Crippen LogP contribution in [0.25, 0.3) is 10.9 Å². The molecule has 1 saturated heterocycles. The van der Waals surface area contributed by atoms with Crippen LogP contribution >= 0.6 is 0 Å². The van der Waals surface area contributed by atoms with Gasteiger partial charge >= 0.3 is 0 Å². The van der Waals surface area contributed by atoms with Crippen LogP contribution in [-0.4, -0.2) is 29.7 Å². The molecule has 1 aliphatic rings. The van der Waals surface area contributed by atoms with Gasteiger partial charge in [0.15, 0.2) is 11.6 Å². The van der Waals surface area contributed by atoms with Gasteiger partial charge in [-0.1, -0.05) is 0 Å². The summed E-state index contributed by atoms with van der Waals surface area (Å²) >= 11 is 0. The Hall–Kier alpha value is -1.91. The molecule has 1 unspecified atom stereocenters. The second-order valence-electron chi connectivity index (χ2n) is 4.89. The minimum atomic E-state index is -0.394. The first-order valence-electron chi connectivity index (χ1n) is 6.45. The average molecular weight is 261 g/mol. The Morgan fingerprint density at radius 2 is 2.21 bits per heavy atom. The largest absolute Gasteiger partial charge is 0.494 e. The van der Waals surface area contributed by atoms with Gasteiger partial charge in [0.2, 0.25) is 0 Å². The molecule has 100 valence electrons. The molecule has 1 aromatic heterocycles. The lowest BCUT2D eigenvalue weighted by atomic mass is 10.2. The summed E-state index contributed by atoms with van der Waals surface area (Å²) in [6.45, 7) is 3.16. The number of ether oxygens (including phenoxy) is 1. The van der Waals surface area contributed by atoms with Gasteiger partial charge in [0, 0.05) is 24.0 Å². The van der Waals surface area contributed by atoms with Gasteiger partial charge in [-0.15, -0.1) is 0 Å². The summed E-state index contributed by atoms with van der Waals surface area (Å²) in [5, 5.41) is 0.842. The van der Waals surface area contributed by atoms with E-state index in [1.54, 1.807) is 6.07 Å². The SMILES string of the molecule is COc1cc2c(N3CCCC3C)ncnc2cc1F. The van der Waals surface area contributed by atoms with E-state index in [9.17, 15) is 4.39 Å². The molecule has 1 fully saturated rings. The maximum absolute atomic E-state index is 13.7. The lowest BCUT2D eigenvalue weighted by Gasteiger charge is -2.23. The molecule has 0 bridgehead atoms. The molecule has 1 aromatic carbocycles. The number of halogens is 1. The fraction of sp³-hybridized carbons (Fsp3) is 0.429. The van der Waals surface area contributed by atoms with Crippen LogP contribution in [0.5, 0.6) is 5.75 Å². The molecule has 0 N–H and O–H groups in total. The van der Waals surface area contributed by atoms with E-state index in [0.717, 1.165) is 30.6 Å². The molecule has 5 heteroatoms. The van der Waals surface area contributed by atoms with Crippen LogP contribution in [0.3, 0.4) is 0 Å². The van der Waals surface area contributed by atoms with Crippen molar-refractivity contribution >= 4 is 16.7 Å². The predicted molar refractivity (Wildman–Crippen MR) is 72.1 cm³/mol. The van der Waals surface area contributed by atoms with Crippen molar-refractivity contribution in [2.24, 2.45) is 0 Å². The summed E-state index contributed by atoms with van der Waals surface area (Å²) in [6.07, 6.45) is 3.81. The second kappa shape index (κ2) is 4.64. The second-order valence-corrected chi connectivity index (χ2v) is 4.89. The zero-order valence-electron chi connectivity index (χ0n) is 11.1. The smallest absolute Gasteiger partial charge is 0.167 e. The van der Waals surface area contributed by atoms with Gasteiger partial charge in [-0.2, -0.15) is 0 Å². The number of fused-ring (bicyclic) bond motifs is 1. The van der Waals surface area contributed by atoms with Crippen LogP contribution < -0.4 is 9.64 Å². The molecular formula is C14H16FN3O. The normalized spacial score (nSPS) is 19.1. The molecule has 1 atom stereocenters. The van der Waals surface area contributed by atoms with Gasteiger partial charge in [-0.25, -0.2) is 14.4 Å². The van der Waals surface area contributed by atoms with Crippen LogP contribution in [0.2, 0.25) is 0 Å². The first-order chi connectivity index (χ1) is 9.20. The van der Waals surface area contributed by atoms with Gasteiger partial charge in [-0.3, -0.25) is 0 Å². The van der Waals surface area contributed by atoms with Gasteiger partial charge in [0.05, 0.1) is 12.6 Å². The van der Waals surface area contributed by atoms with Gasteiger partial charge < -0.3 is 9.64 Å². The number of anilines is 1. The topological polar surface area (TPSA) is 38.2 Å². The first-order valence-corrected chi connectivity index (χ1v) is 6.45. The number of benzene rings is 1. The highest BCUT2D eigenvalue weighted by molar-refractivity contribution is 5.90. The minimum Gasteiger partial charge on any atom is -0.494 e. The molecule has 19 heavy (non-hydrogen) atoms. The van der Waals surface area contributed by atoms with Crippen LogP contribution in [0.15, 0.2) is 18.5 Å². The van der Waals surface area contributed by atoms with Crippen molar-refractivity contribution in [3.63, 3.8) is 0 Å². The zero-order chi connectivity index (χ0) is 13.4. The van der Waals surface area contributed by atoms with E-state index in [1.165, 1.54) is 19.5 Å². The summed E-state index contributed by atoms with van der Waals surface area (Å²) in [7, 11) is 1.46. The summed E-state index contributed by atoms with van der Waals surface area (Å²) in [5.41, 5.74) is 0.613. The average Bonchev–Trinajstić information content (AvgIpc) is 2.83. The summed E-state index contributed by atoms with van der Waals surface area (Å²) in [5.74, 6) is 0.706. The van der Waals surface area contributed by atoms with E-state index in [4.69, 9.17) is 4.74 Å². The number of rotatable bonds is 2. The van der Waals surface area contributed by atoms with Crippen molar-refractivity contribution in [1.29, 1.82) is 0 Å². The number of hydrogen-bond acceptors (Lipinski definition) is 4. The van der Waals surface area contributed by atoms with Crippen molar-refractivity contribution in [1.82, 2.24) is 9.97 Å². The van der Waals surface area contributed by atoms with E-state index in [-0.39, 0.29) is 5.75 Å². The minimum absolute atomic E-state index is 0.232. The van der Waals surface area contributed by atoms with Crippen molar-refractivity contribution in [3.8, 4) is 5.75 Å². The Balaban J connectivity index is 2.19. The quantitative estimate of drug-likeness (QED) is 0.833. The molecule has 2 heterocycles. The number of hydrogen-bond donors (Lipinski definition) is 0. The Morgan fingerprint density at radius 1 is 1.37 bits per heavy atom. The van der Waals surface area contributed by atoms with Crippen molar-refractivity contribution < 1.29 is 9.13 Å². The van der Waals surface area contributed by atoms with Gasteiger partial charge in [0.25, 0.3) is 0 Å². The predicted octanol–water partition coefficient (Wildman–Crippen LogP) is 2.77. The van der Waals surface area contributed by atoms with E-state index < -0.39 is 5.82 Å². The Labute approximate surface area is 111 Å². The Bertz CT molecular complexity index is 617. The van der Waals surface area contributed by atoms with E-state index in [1.807, 2.05) is 0 Å². The molecular weight excluding hydrogens is 245 g/mol. The summed E-state index contributed by atoms with van der Waals surface area (Å²) < 4.78 is 18.8. The monoisotopic (exact) mass is 261 g/mol. The number of nitrogens with zero attached hydrogens (tertiary/aromatic N) is 3. The fourth-order valence-corrected chi connectivity index (χ4v) is 2.68. The van der Waals surface area contributed by atoms with Gasteiger partial charge in [-0.05, 0) is 25.8 Å². The van der Waals surface area contributed by atoms with E-state index in [0.29, 0.717) is 11.6 Å². The third-order valence-electron chi connectivity index (χ3n) is 3.71. The molecule has 3 rings (SSSR count). The molecule has 0 spiro atoms. The maximum Gasteiger partial charge on any atom is 0.167 e. The lowest BCUT2D eigenvalue weighted by molar-refractivity contribution is 0.387. The standard InChI is InChI=1S/C14H16FN3O/c1-9-4-3-5-18(9)14-10-6-13(19-2)11(15)7-12(10)16-8-17-14/h6-9H,3-5H2,1-2H3. The van der Waals surface area contributed by atoms with Crippen LogP contribution in [0.4, 0.5) is 10.2 Å². The molecule has 0 saturated carbocycles. The van der Waals surface area contributed by atoms with Crippen molar-refractivity contribution in [2.45, 2.75) is 25.8 Å². The highest BCUT2D eigenvalue weighted by atomic mass is 19.1. The first kappa shape index (κ1) is 12.1.